The summed E-state index contributed by atoms with van der Waals surface area (Å²) in [5.41, 5.74) is 0. The van der Waals surface area contributed by atoms with Gasteiger partial charge in [0, 0.05) is 11.2 Å². The van der Waals surface area contributed by atoms with Crippen LogP contribution in [0.3, 0.4) is 0 Å². The van der Waals surface area contributed by atoms with Gasteiger partial charge in [-0.05, 0) is 31.0 Å². The monoisotopic (exact) mass is 304 g/mol. The van der Waals surface area contributed by atoms with Crippen molar-refractivity contribution in [2.45, 2.75) is 57.8 Å². The summed E-state index contributed by atoms with van der Waals surface area (Å²) in [4.78, 5) is 0. The number of halogens is 1. The molecule has 0 aromatic rings. The molecule has 0 N–H and O–H groups in total. The Kier molecular flexibility index (Phi) is 4.84. The van der Waals surface area contributed by atoms with E-state index in [0.29, 0.717) is 17.1 Å². The second-order valence-electron chi connectivity index (χ2n) is 6.22. The highest BCUT2D eigenvalue weighted by atomic mass is 79.9. The molecular formula is C13H25BrOSi. The van der Waals surface area contributed by atoms with Crippen molar-refractivity contribution < 1.29 is 4.43 Å². The van der Waals surface area contributed by atoms with Gasteiger partial charge in [0.2, 0.25) is 0 Å². The van der Waals surface area contributed by atoms with E-state index in [4.69, 9.17) is 4.43 Å². The summed E-state index contributed by atoms with van der Waals surface area (Å²) < 4.78 is 6.48. The summed E-state index contributed by atoms with van der Waals surface area (Å²) in [7, 11) is -1.60. The fourth-order valence-electron chi connectivity index (χ4n) is 1.79. The van der Waals surface area contributed by atoms with Crippen molar-refractivity contribution >= 4 is 24.2 Å². The van der Waals surface area contributed by atoms with E-state index >= 15 is 0 Å². The molecule has 0 bridgehead atoms. The van der Waals surface area contributed by atoms with Gasteiger partial charge in [0.05, 0.1) is 6.10 Å². The second-order valence-corrected chi connectivity index (χ2v) is 11.8. The Bertz CT molecular complexity index is 255. The fourth-order valence-corrected chi connectivity index (χ4v) is 3.70. The minimum atomic E-state index is -1.60. The maximum absolute atomic E-state index is 6.48. The lowest BCUT2D eigenvalue weighted by atomic mass is 10.0. The van der Waals surface area contributed by atoms with Gasteiger partial charge in [0.25, 0.3) is 0 Å². The first kappa shape index (κ1) is 14.5. The number of hydrogen-bond donors (Lipinski definition) is 0. The van der Waals surface area contributed by atoms with E-state index in [0.717, 1.165) is 11.8 Å². The third-order valence-corrected chi connectivity index (χ3v) is 8.89. The van der Waals surface area contributed by atoms with Crippen molar-refractivity contribution in [1.29, 1.82) is 0 Å². The molecule has 16 heavy (non-hydrogen) atoms. The predicted molar refractivity (Wildman–Crippen MR) is 77.7 cm³/mol. The van der Waals surface area contributed by atoms with E-state index in [9.17, 15) is 0 Å². The Labute approximate surface area is 110 Å². The first-order valence-electron chi connectivity index (χ1n) is 6.18. The number of hydrogen-bond acceptors (Lipinski definition) is 1. The maximum atomic E-state index is 6.48. The molecule has 0 saturated heterocycles. The highest BCUT2D eigenvalue weighted by molar-refractivity contribution is 9.09. The van der Waals surface area contributed by atoms with Crippen LogP contribution >= 0.6 is 15.9 Å². The zero-order valence-corrected chi connectivity index (χ0v) is 13.8. The molecule has 3 heteroatoms. The van der Waals surface area contributed by atoms with Crippen molar-refractivity contribution in [2.75, 3.05) is 5.33 Å². The number of alkyl halides is 1. The van der Waals surface area contributed by atoms with E-state index < -0.39 is 8.32 Å². The van der Waals surface area contributed by atoms with Crippen molar-refractivity contribution in [3.63, 3.8) is 0 Å². The Hall–Kier alpha value is 0.397. The Balaban J connectivity index is 2.60. The van der Waals surface area contributed by atoms with Crippen molar-refractivity contribution in [3.05, 3.63) is 12.2 Å². The van der Waals surface area contributed by atoms with Gasteiger partial charge in [-0.3, -0.25) is 0 Å². The van der Waals surface area contributed by atoms with Crippen LogP contribution in [0.5, 0.6) is 0 Å². The predicted octanol–water partition coefficient (Wildman–Crippen LogP) is 4.74. The smallest absolute Gasteiger partial charge is 0.192 e. The highest BCUT2D eigenvalue weighted by Gasteiger charge is 2.40. The van der Waals surface area contributed by atoms with Crippen LogP contribution in [-0.4, -0.2) is 19.8 Å². The molecular weight excluding hydrogens is 280 g/mol. The molecule has 0 heterocycles. The normalized spacial score (nSPS) is 26.4. The van der Waals surface area contributed by atoms with Crippen molar-refractivity contribution in [1.82, 2.24) is 0 Å². The quantitative estimate of drug-likeness (QED) is 0.414. The van der Waals surface area contributed by atoms with Crippen LogP contribution in [0.2, 0.25) is 18.1 Å². The van der Waals surface area contributed by atoms with Crippen LogP contribution < -0.4 is 0 Å². The lowest BCUT2D eigenvalue weighted by molar-refractivity contribution is 0.149. The van der Waals surface area contributed by atoms with Gasteiger partial charge in [-0.2, -0.15) is 0 Å². The molecule has 0 aromatic heterocycles. The van der Waals surface area contributed by atoms with E-state index in [2.05, 4.69) is 61.9 Å². The molecule has 94 valence electrons. The van der Waals surface area contributed by atoms with Gasteiger partial charge in [-0.1, -0.05) is 48.9 Å². The first-order valence-corrected chi connectivity index (χ1v) is 10.2. The fraction of sp³-hybridized carbons (Fsp3) is 0.846. The molecule has 1 rings (SSSR count). The van der Waals surface area contributed by atoms with Gasteiger partial charge in [-0.25, -0.2) is 0 Å². The van der Waals surface area contributed by atoms with Gasteiger partial charge in [0.15, 0.2) is 8.32 Å². The summed E-state index contributed by atoms with van der Waals surface area (Å²) >= 11 is 3.53. The number of rotatable bonds is 4. The van der Waals surface area contributed by atoms with Crippen LogP contribution in [0.15, 0.2) is 12.2 Å². The zero-order chi connectivity index (χ0) is 12.4. The van der Waals surface area contributed by atoms with E-state index in [1.54, 1.807) is 0 Å². The van der Waals surface area contributed by atoms with Crippen LogP contribution in [0.1, 0.15) is 33.6 Å². The molecule has 0 aliphatic heterocycles. The largest absolute Gasteiger partial charge is 0.413 e. The van der Waals surface area contributed by atoms with E-state index in [-0.39, 0.29) is 0 Å². The maximum Gasteiger partial charge on any atom is 0.192 e. The SMILES string of the molecule is CC(C)(C)[Si](C)(C)O[C@@H]1CC=C[C@H]1CCBr. The average Bonchev–Trinajstić information content (AvgIpc) is 2.51. The standard InChI is InChI=1S/C13H25BrOSi/c1-13(2,3)16(4,5)15-12-8-6-7-11(12)9-10-14/h6-7,11-12H,8-10H2,1-5H3/t11-,12+/m0/s1. The Morgan fingerprint density at radius 1 is 1.38 bits per heavy atom. The highest BCUT2D eigenvalue weighted by Crippen LogP contribution is 2.40. The topological polar surface area (TPSA) is 9.23 Å². The lowest BCUT2D eigenvalue weighted by Gasteiger charge is -2.39. The van der Waals surface area contributed by atoms with Gasteiger partial charge in [-0.15, -0.1) is 0 Å². The van der Waals surface area contributed by atoms with E-state index in [1.807, 2.05) is 0 Å². The lowest BCUT2D eigenvalue weighted by Crippen LogP contribution is -2.44. The van der Waals surface area contributed by atoms with Crippen LogP contribution in [0, 0.1) is 5.92 Å². The first-order chi connectivity index (χ1) is 7.28. The second kappa shape index (κ2) is 5.36. The zero-order valence-electron chi connectivity index (χ0n) is 11.2. The third-order valence-electron chi connectivity index (χ3n) is 3.92. The molecule has 0 saturated carbocycles. The third kappa shape index (κ3) is 3.44. The molecule has 0 fully saturated rings. The Morgan fingerprint density at radius 3 is 2.50 bits per heavy atom. The van der Waals surface area contributed by atoms with Crippen molar-refractivity contribution in [2.24, 2.45) is 5.92 Å². The summed E-state index contributed by atoms with van der Waals surface area (Å²) in [6.45, 7) is 11.6. The molecule has 0 aromatic carbocycles. The average molecular weight is 305 g/mol. The van der Waals surface area contributed by atoms with Crippen LogP contribution in [-0.2, 0) is 4.43 Å². The molecule has 1 aliphatic rings. The van der Waals surface area contributed by atoms with Crippen LogP contribution in [0.25, 0.3) is 0 Å². The van der Waals surface area contributed by atoms with Gasteiger partial charge in [0.1, 0.15) is 0 Å². The molecule has 0 spiro atoms. The van der Waals surface area contributed by atoms with E-state index in [1.165, 1.54) is 6.42 Å². The molecule has 2 atom stereocenters. The van der Waals surface area contributed by atoms with Gasteiger partial charge >= 0.3 is 0 Å². The summed E-state index contributed by atoms with van der Waals surface area (Å²) in [6.07, 6.45) is 7.34. The minimum Gasteiger partial charge on any atom is -0.413 e. The summed E-state index contributed by atoms with van der Waals surface area (Å²) in [5.74, 6) is 0.619. The molecule has 1 nitrogen and oxygen atoms in total. The minimum absolute atomic E-state index is 0.314. The molecule has 1 aliphatic carbocycles. The molecule has 0 unspecified atom stereocenters. The van der Waals surface area contributed by atoms with Gasteiger partial charge < -0.3 is 4.43 Å². The van der Waals surface area contributed by atoms with Crippen molar-refractivity contribution in [3.8, 4) is 0 Å². The Morgan fingerprint density at radius 2 is 2.00 bits per heavy atom. The molecule has 0 radical (unpaired) electrons. The van der Waals surface area contributed by atoms with Crippen LogP contribution in [0.4, 0.5) is 0 Å². The summed E-state index contributed by atoms with van der Waals surface area (Å²) in [6, 6.07) is 0. The summed E-state index contributed by atoms with van der Waals surface area (Å²) in [5, 5.41) is 1.38. The molecule has 0 amide bonds.